The van der Waals surface area contributed by atoms with Gasteiger partial charge in [-0.1, -0.05) is 24.8 Å². The number of nitrogens with zero attached hydrogens (tertiary/aromatic N) is 1. The van der Waals surface area contributed by atoms with Crippen LogP contribution < -0.4 is 10.0 Å². The van der Waals surface area contributed by atoms with Crippen LogP contribution in [0.5, 0.6) is 0 Å². The third kappa shape index (κ3) is 4.92. The van der Waals surface area contributed by atoms with Gasteiger partial charge in [-0.2, -0.15) is 5.06 Å². The molecule has 5 atom stereocenters. The van der Waals surface area contributed by atoms with Gasteiger partial charge in [-0.15, -0.1) is 0 Å². The van der Waals surface area contributed by atoms with Crippen molar-refractivity contribution in [1.29, 1.82) is 0 Å². The highest BCUT2D eigenvalue weighted by Gasteiger charge is 2.40. The first-order valence-corrected chi connectivity index (χ1v) is 11.8. The molecule has 4 rings (SSSR count). The lowest BCUT2D eigenvalue weighted by atomic mass is 9.78. The van der Waals surface area contributed by atoms with E-state index >= 15 is 0 Å². The van der Waals surface area contributed by atoms with Gasteiger partial charge in [0.2, 0.25) is 0 Å². The fourth-order valence-corrected chi connectivity index (χ4v) is 6.22. The predicted octanol–water partition coefficient (Wildman–Crippen LogP) is 3.73. The van der Waals surface area contributed by atoms with Crippen molar-refractivity contribution in [1.82, 2.24) is 15.1 Å². The van der Waals surface area contributed by atoms with Crippen LogP contribution in [0, 0.1) is 11.8 Å². The zero-order valence-electron chi connectivity index (χ0n) is 15.8. The molecule has 0 aromatic heterocycles. The fourth-order valence-electron chi connectivity index (χ4n) is 5.22. The summed E-state index contributed by atoms with van der Waals surface area (Å²) in [5.74, 6) is 1.70. The van der Waals surface area contributed by atoms with Gasteiger partial charge < -0.3 is 5.32 Å². The van der Waals surface area contributed by atoms with E-state index in [4.69, 9.17) is 4.84 Å². The molecule has 25 heavy (non-hydrogen) atoms. The normalized spacial score (nSPS) is 42.0. The SMILES string of the molecule is C1CCC2CCC2ON2CCCCC3CCC(CC32)SNCCNC1. The standard InChI is InChI=1S/C20H37N3OS/c1-3-11-21-12-13-22-25-18-9-7-16-5-2-4-14-23(19(16)15-18)24-20-10-8-17(20)6-1/h16-22H,1-15H2. The Bertz CT molecular complexity index is 410. The average Bonchev–Trinajstić information content (AvgIpc) is 2.81. The van der Waals surface area contributed by atoms with Crippen LogP contribution in [-0.2, 0) is 4.84 Å². The third-order valence-corrected chi connectivity index (χ3v) is 8.06. The summed E-state index contributed by atoms with van der Waals surface area (Å²) in [5, 5.41) is 6.83. The molecule has 2 bridgehead atoms. The van der Waals surface area contributed by atoms with Gasteiger partial charge in [-0.05, 0) is 76.2 Å². The van der Waals surface area contributed by atoms with Gasteiger partial charge in [0.05, 0.1) is 6.10 Å². The number of hydroxylamine groups is 2. The minimum atomic E-state index is 0.519. The molecule has 0 aromatic rings. The van der Waals surface area contributed by atoms with Crippen molar-refractivity contribution in [3.63, 3.8) is 0 Å². The second-order valence-electron chi connectivity index (χ2n) is 8.64. The van der Waals surface area contributed by atoms with Crippen LogP contribution in [-0.4, -0.2) is 48.6 Å². The second kappa shape index (κ2) is 9.41. The van der Waals surface area contributed by atoms with Gasteiger partial charge in [0, 0.05) is 30.9 Å². The van der Waals surface area contributed by atoms with E-state index in [2.05, 4.69) is 15.1 Å². The van der Waals surface area contributed by atoms with Gasteiger partial charge in [0.25, 0.3) is 0 Å². The monoisotopic (exact) mass is 367 g/mol. The molecule has 5 heteroatoms. The first kappa shape index (κ1) is 18.5. The van der Waals surface area contributed by atoms with Crippen molar-refractivity contribution in [2.45, 2.75) is 88.0 Å². The van der Waals surface area contributed by atoms with E-state index in [0.29, 0.717) is 12.1 Å². The van der Waals surface area contributed by atoms with Gasteiger partial charge in [0.1, 0.15) is 0 Å². The molecular weight excluding hydrogens is 330 g/mol. The largest absolute Gasteiger partial charge is 0.315 e. The number of hydrogen-bond donors (Lipinski definition) is 2. The Morgan fingerprint density at radius 2 is 1.68 bits per heavy atom. The molecule has 0 radical (unpaired) electrons. The van der Waals surface area contributed by atoms with Crippen LogP contribution in [0.1, 0.15) is 70.6 Å². The maximum absolute atomic E-state index is 6.67. The molecule has 2 saturated heterocycles. The highest BCUT2D eigenvalue weighted by atomic mass is 32.2. The summed E-state index contributed by atoms with van der Waals surface area (Å²) in [6.45, 7) is 4.52. The van der Waals surface area contributed by atoms with E-state index < -0.39 is 0 Å². The summed E-state index contributed by atoms with van der Waals surface area (Å²) in [4.78, 5) is 6.67. The fraction of sp³-hybridized carbons (Fsp3) is 1.00. The summed E-state index contributed by atoms with van der Waals surface area (Å²) >= 11 is 2.00. The summed E-state index contributed by atoms with van der Waals surface area (Å²) in [6.07, 6.45) is 15.5. The van der Waals surface area contributed by atoms with Crippen LogP contribution in [0.4, 0.5) is 0 Å². The van der Waals surface area contributed by atoms with E-state index in [1.54, 1.807) is 0 Å². The average molecular weight is 368 g/mol. The van der Waals surface area contributed by atoms with Crippen LogP contribution in [0.15, 0.2) is 0 Å². The van der Waals surface area contributed by atoms with Crippen molar-refractivity contribution in [2.24, 2.45) is 11.8 Å². The molecule has 0 aromatic carbocycles. The highest BCUT2D eigenvalue weighted by molar-refractivity contribution is 7.98. The van der Waals surface area contributed by atoms with Crippen molar-refractivity contribution in [3.8, 4) is 0 Å². The smallest absolute Gasteiger partial charge is 0.0821 e. The molecule has 0 amide bonds. The Hall–Kier alpha value is 0.190. The van der Waals surface area contributed by atoms with Crippen LogP contribution in [0.2, 0.25) is 0 Å². The van der Waals surface area contributed by atoms with E-state index in [0.717, 1.165) is 30.2 Å². The topological polar surface area (TPSA) is 36.5 Å². The zero-order valence-corrected chi connectivity index (χ0v) is 16.6. The van der Waals surface area contributed by atoms with Crippen LogP contribution in [0.25, 0.3) is 0 Å². The summed E-state index contributed by atoms with van der Waals surface area (Å²) < 4.78 is 3.63. The lowest BCUT2D eigenvalue weighted by Gasteiger charge is -2.45. The maximum Gasteiger partial charge on any atom is 0.0821 e. The number of nitrogens with one attached hydrogen (secondary N) is 2. The van der Waals surface area contributed by atoms with Crippen LogP contribution in [0.3, 0.4) is 0 Å². The maximum atomic E-state index is 6.67. The molecule has 2 heterocycles. The molecule has 4 fully saturated rings. The van der Waals surface area contributed by atoms with Crippen LogP contribution >= 0.6 is 11.9 Å². The van der Waals surface area contributed by atoms with E-state index in [-0.39, 0.29) is 0 Å². The van der Waals surface area contributed by atoms with Gasteiger partial charge in [-0.25, -0.2) is 0 Å². The lowest BCUT2D eigenvalue weighted by molar-refractivity contribution is -0.263. The molecule has 2 saturated carbocycles. The molecule has 2 N–H and O–H groups in total. The number of fused-ring (bicyclic) bond motifs is 2. The first-order chi connectivity index (χ1) is 12.4. The van der Waals surface area contributed by atoms with Crippen molar-refractivity contribution in [3.05, 3.63) is 0 Å². The molecular formula is C20H37N3OS. The van der Waals surface area contributed by atoms with E-state index in [9.17, 15) is 0 Å². The summed E-state index contributed by atoms with van der Waals surface area (Å²) in [5.41, 5.74) is 0. The Morgan fingerprint density at radius 3 is 2.60 bits per heavy atom. The van der Waals surface area contributed by atoms with Crippen molar-refractivity contribution < 1.29 is 4.84 Å². The van der Waals surface area contributed by atoms with E-state index in [1.165, 1.54) is 83.7 Å². The Labute approximate surface area is 158 Å². The van der Waals surface area contributed by atoms with Crippen molar-refractivity contribution in [2.75, 3.05) is 26.2 Å². The quantitative estimate of drug-likeness (QED) is 0.638. The molecule has 2 aliphatic heterocycles. The van der Waals surface area contributed by atoms with Crippen molar-refractivity contribution >= 4 is 11.9 Å². The minimum Gasteiger partial charge on any atom is -0.315 e. The Morgan fingerprint density at radius 1 is 0.800 bits per heavy atom. The third-order valence-electron chi connectivity index (χ3n) is 6.93. The Kier molecular flexibility index (Phi) is 6.98. The predicted molar refractivity (Wildman–Crippen MR) is 105 cm³/mol. The summed E-state index contributed by atoms with van der Waals surface area (Å²) in [6, 6.07) is 0.669. The summed E-state index contributed by atoms with van der Waals surface area (Å²) in [7, 11) is 0. The van der Waals surface area contributed by atoms with E-state index in [1.807, 2.05) is 11.9 Å². The van der Waals surface area contributed by atoms with Gasteiger partial charge in [0.15, 0.2) is 0 Å². The lowest BCUT2D eigenvalue weighted by Crippen LogP contribution is -2.49. The molecule has 4 nitrogen and oxygen atoms in total. The molecule has 5 unspecified atom stereocenters. The molecule has 144 valence electrons. The number of hydrogen-bond acceptors (Lipinski definition) is 5. The molecule has 0 spiro atoms. The van der Waals surface area contributed by atoms with Gasteiger partial charge in [-0.3, -0.25) is 9.56 Å². The number of rotatable bonds is 0. The molecule has 4 aliphatic rings. The second-order valence-corrected chi connectivity index (χ2v) is 9.83. The zero-order chi connectivity index (χ0) is 16.9. The van der Waals surface area contributed by atoms with Gasteiger partial charge >= 0.3 is 0 Å². The minimum absolute atomic E-state index is 0.519. The first-order valence-electron chi connectivity index (χ1n) is 10.9. The molecule has 2 aliphatic carbocycles. The Balaban J connectivity index is 1.42. The highest BCUT2D eigenvalue weighted by Crippen LogP contribution is 2.41.